The van der Waals surface area contributed by atoms with Gasteiger partial charge in [-0.25, -0.2) is 4.99 Å². The molecule has 4 N–H and O–H groups in total. The number of carbonyl (C=O) groups excluding carboxylic acids is 1. The zero-order valence-electron chi connectivity index (χ0n) is 6.93. The molecule has 0 saturated carbocycles. The zero-order valence-corrected chi connectivity index (χ0v) is 6.93. The molecule has 1 fully saturated rings. The van der Waals surface area contributed by atoms with E-state index in [1.165, 1.54) is 0 Å². The van der Waals surface area contributed by atoms with Crippen molar-refractivity contribution >= 4 is 11.9 Å². The van der Waals surface area contributed by atoms with Crippen molar-refractivity contribution in [3.63, 3.8) is 0 Å². The van der Waals surface area contributed by atoms with Crippen molar-refractivity contribution in [1.82, 2.24) is 5.32 Å². The van der Waals surface area contributed by atoms with Gasteiger partial charge in [-0.05, 0) is 6.42 Å². The Hall–Kier alpha value is -1.30. The molecule has 2 aliphatic heterocycles. The van der Waals surface area contributed by atoms with Gasteiger partial charge in [0.1, 0.15) is 0 Å². The molecule has 2 aliphatic rings. The van der Waals surface area contributed by atoms with Gasteiger partial charge in [-0.15, -0.1) is 0 Å². The van der Waals surface area contributed by atoms with Gasteiger partial charge in [0.05, 0.1) is 6.10 Å². The molecule has 0 bridgehead atoms. The Labute approximate surface area is 74.8 Å². The lowest BCUT2D eigenvalue weighted by molar-refractivity contribution is -0.123. The number of rotatable bonds is 0. The summed E-state index contributed by atoms with van der Waals surface area (Å²) in [6, 6.07) is -0.705. The van der Waals surface area contributed by atoms with E-state index in [2.05, 4.69) is 10.3 Å². The number of aliphatic imine (C=N–C) groups is 1. The van der Waals surface area contributed by atoms with Gasteiger partial charge in [-0.3, -0.25) is 4.79 Å². The second kappa shape index (κ2) is 2.88. The molecule has 2 heterocycles. The number of aliphatic hydroxyl groups excluding tert-OH is 1. The highest BCUT2D eigenvalue weighted by molar-refractivity contribution is 5.88. The number of nitrogens with one attached hydrogen (secondary N) is 1. The lowest BCUT2D eigenvalue weighted by Gasteiger charge is -2.17. The predicted molar refractivity (Wildman–Crippen MR) is 43.9 cm³/mol. The minimum absolute atomic E-state index is 0.0221. The first-order chi connectivity index (χ1) is 6.18. The third-order valence-electron chi connectivity index (χ3n) is 2.22. The van der Waals surface area contributed by atoms with Crippen molar-refractivity contribution in [2.24, 2.45) is 10.7 Å². The number of nitrogens with zero attached hydrogens (tertiary/aromatic N) is 1. The summed E-state index contributed by atoms with van der Waals surface area (Å²) in [7, 11) is 0. The molecule has 0 spiro atoms. The maximum absolute atomic E-state index is 11.3. The largest absolute Gasteiger partial charge is 0.456 e. The molecule has 0 radical (unpaired) electrons. The van der Waals surface area contributed by atoms with Gasteiger partial charge < -0.3 is 20.9 Å². The topological polar surface area (TPSA) is 96.9 Å². The van der Waals surface area contributed by atoms with Gasteiger partial charge >= 0.3 is 0 Å². The fourth-order valence-corrected chi connectivity index (χ4v) is 1.55. The van der Waals surface area contributed by atoms with Crippen LogP contribution in [0.15, 0.2) is 4.99 Å². The van der Waals surface area contributed by atoms with E-state index in [0.29, 0.717) is 13.0 Å². The molecule has 1 saturated heterocycles. The molecule has 72 valence electrons. The van der Waals surface area contributed by atoms with Crippen LogP contribution >= 0.6 is 0 Å². The molecule has 0 aromatic carbocycles. The summed E-state index contributed by atoms with van der Waals surface area (Å²) in [5.41, 5.74) is 5.31. The lowest BCUT2D eigenvalue weighted by atomic mass is 10.1. The minimum Gasteiger partial charge on any atom is -0.456 e. The van der Waals surface area contributed by atoms with Crippen LogP contribution in [0.2, 0.25) is 0 Å². The van der Waals surface area contributed by atoms with Gasteiger partial charge in [0, 0.05) is 6.54 Å². The van der Waals surface area contributed by atoms with E-state index in [1.807, 2.05) is 0 Å². The summed E-state index contributed by atoms with van der Waals surface area (Å²) >= 11 is 0. The molecule has 1 amide bonds. The monoisotopic (exact) mass is 185 g/mol. The highest BCUT2D eigenvalue weighted by atomic mass is 16.5. The van der Waals surface area contributed by atoms with Crippen LogP contribution in [-0.4, -0.2) is 41.8 Å². The van der Waals surface area contributed by atoms with Crippen LogP contribution in [0.5, 0.6) is 0 Å². The van der Waals surface area contributed by atoms with Crippen molar-refractivity contribution in [2.75, 3.05) is 6.54 Å². The number of nitrogens with two attached hydrogens (primary N) is 1. The number of aliphatic hydroxyl groups is 1. The van der Waals surface area contributed by atoms with E-state index in [9.17, 15) is 9.90 Å². The van der Waals surface area contributed by atoms with Gasteiger partial charge in [0.15, 0.2) is 12.1 Å². The highest BCUT2D eigenvalue weighted by Crippen LogP contribution is 2.19. The Morgan fingerprint density at radius 2 is 2.46 bits per heavy atom. The summed E-state index contributed by atoms with van der Waals surface area (Å²) in [4.78, 5) is 15.1. The molecule has 0 aliphatic carbocycles. The predicted octanol–water partition coefficient (Wildman–Crippen LogP) is -2.05. The van der Waals surface area contributed by atoms with E-state index < -0.39 is 18.2 Å². The van der Waals surface area contributed by atoms with Gasteiger partial charge in [0.25, 0.3) is 6.02 Å². The number of ether oxygens (including phenoxy) is 1. The third-order valence-corrected chi connectivity index (χ3v) is 2.22. The van der Waals surface area contributed by atoms with E-state index in [-0.39, 0.29) is 11.9 Å². The number of amides is 1. The van der Waals surface area contributed by atoms with Crippen molar-refractivity contribution in [3.8, 4) is 0 Å². The number of hydrogen-bond donors (Lipinski definition) is 3. The molecule has 2 rings (SSSR count). The van der Waals surface area contributed by atoms with Gasteiger partial charge in [-0.2, -0.15) is 0 Å². The summed E-state index contributed by atoms with van der Waals surface area (Å²) in [5, 5.41) is 12.2. The van der Waals surface area contributed by atoms with Crippen LogP contribution in [0, 0.1) is 0 Å². The SMILES string of the molecule is NC1=NC2C(=O)NCCC(O)C2O1. The van der Waals surface area contributed by atoms with Crippen LogP contribution in [0.25, 0.3) is 0 Å². The first-order valence-electron chi connectivity index (χ1n) is 4.14. The number of hydrogen-bond acceptors (Lipinski definition) is 5. The van der Waals surface area contributed by atoms with E-state index in [1.54, 1.807) is 0 Å². The normalized spacial score (nSPS) is 38.4. The quantitative estimate of drug-likeness (QED) is 0.404. The van der Waals surface area contributed by atoms with Gasteiger partial charge in [-0.1, -0.05) is 0 Å². The molecule has 13 heavy (non-hydrogen) atoms. The molecule has 3 unspecified atom stereocenters. The Morgan fingerprint density at radius 3 is 3.23 bits per heavy atom. The summed E-state index contributed by atoms with van der Waals surface area (Å²) in [6.45, 7) is 0.450. The number of carbonyl (C=O) groups is 1. The van der Waals surface area contributed by atoms with E-state index in [0.717, 1.165) is 0 Å². The summed E-state index contributed by atoms with van der Waals surface area (Å²) in [6.07, 6.45) is -0.827. The van der Waals surface area contributed by atoms with Gasteiger partial charge in [0.2, 0.25) is 5.91 Å². The molecule has 0 aromatic heterocycles. The number of fused-ring (bicyclic) bond motifs is 1. The third kappa shape index (κ3) is 1.33. The van der Waals surface area contributed by atoms with Crippen LogP contribution in [0.4, 0.5) is 0 Å². The average molecular weight is 185 g/mol. The second-order valence-electron chi connectivity index (χ2n) is 3.14. The standard InChI is InChI=1S/C7H11N3O3/c8-7-10-4-5(13-7)3(11)1-2-9-6(4)12/h3-5,11H,1-2H2,(H2,8,10)(H,9,12). The van der Waals surface area contributed by atoms with Crippen molar-refractivity contribution in [2.45, 2.75) is 24.7 Å². The lowest BCUT2D eigenvalue weighted by Crippen LogP contribution is -2.40. The molecule has 0 aromatic rings. The molecular weight excluding hydrogens is 174 g/mol. The smallest absolute Gasteiger partial charge is 0.283 e. The maximum Gasteiger partial charge on any atom is 0.283 e. The van der Waals surface area contributed by atoms with Crippen LogP contribution in [0.3, 0.4) is 0 Å². The van der Waals surface area contributed by atoms with Crippen molar-refractivity contribution in [3.05, 3.63) is 0 Å². The Kier molecular flexibility index (Phi) is 1.84. The fourth-order valence-electron chi connectivity index (χ4n) is 1.55. The first-order valence-corrected chi connectivity index (χ1v) is 4.14. The molecule has 6 nitrogen and oxygen atoms in total. The maximum atomic E-state index is 11.3. The van der Waals surface area contributed by atoms with Crippen LogP contribution in [-0.2, 0) is 9.53 Å². The molecular formula is C7H11N3O3. The zero-order chi connectivity index (χ0) is 9.42. The molecule has 3 atom stereocenters. The van der Waals surface area contributed by atoms with Crippen molar-refractivity contribution < 1.29 is 14.6 Å². The first kappa shape index (κ1) is 8.31. The van der Waals surface area contributed by atoms with Crippen LogP contribution < -0.4 is 11.1 Å². The Balaban J connectivity index is 2.22. The summed E-state index contributed by atoms with van der Waals surface area (Å²) in [5.74, 6) is -0.234. The second-order valence-corrected chi connectivity index (χ2v) is 3.14. The fraction of sp³-hybridized carbons (Fsp3) is 0.714. The Morgan fingerprint density at radius 1 is 1.69 bits per heavy atom. The van der Waals surface area contributed by atoms with E-state index >= 15 is 0 Å². The van der Waals surface area contributed by atoms with E-state index in [4.69, 9.17) is 10.5 Å². The van der Waals surface area contributed by atoms with Crippen molar-refractivity contribution in [1.29, 1.82) is 0 Å². The molecule has 6 heteroatoms. The van der Waals surface area contributed by atoms with Crippen LogP contribution in [0.1, 0.15) is 6.42 Å². The summed E-state index contributed by atoms with van der Waals surface area (Å²) < 4.78 is 5.04. The highest BCUT2D eigenvalue weighted by Gasteiger charge is 2.42. The Bertz CT molecular complexity index is 266. The number of amidine groups is 1. The average Bonchev–Trinajstić information content (AvgIpc) is 2.41. The minimum atomic E-state index is -0.686.